The maximum Gasteiger partial charge on any atom is 0.276 e. The third-order valence-electron chi connectivity index (χ3n) is 4.64. The topological polar surface area (TPSA) is 76.7 Å². The molecule has 0 aliphatic heterocycles. The van der Waals surface area contributed by atoms with Gasteiger partial charge in [0, 0.05) is 10.0 Å². The van der Waals surface area contributed by atoms with Crippen molar-refractivity contribution < 1.29 is 19.1 Å². The zero-order valence-electron chi connectivity index (χ0n) is 18.0. The zero-order valence-corrected chi connectivity index (χ0v) is 21.2. The molecule has 2 amide bonds. The van der Waals surface area contributed by atoms with Gasteiger partial charge >= 0.3 is 0 Å². The number of carbonyl (C=O) groups is 2. The molecule has 0 atom stereocenters. The Labute approximate surface area is 203 Å². The summed E-state index contributed by atoms with van der Waals surface area (Å²) in [6.07, 6.45) is 0. The summed E-state index contributed by atoms with van der Waals surface area (Å²) >= 11 is 6.98. The fourth-order valence-corrected chi connectivity index (χ4v) is 4.01. The Hall–Kier alpha value is -2.58. The third kappa shape index (κ3) is 6.23. The standard InChI is InChI=1S/C24H24Br2N2O4/c1-24(2,3)18-12-16(25)9-11-19(18)31-13-21(29)27-28-22(30)14-32-20-10-8-15-6-4-5-7-17(15)23(20)26/h4-12H,13-14H2,1-3H3,(H,27,29)(H,28,30). The lowest BCUT2D eigenvalue weighted by molar-refractivity contribution is -0.131. The molecule has 0 spiro atoms. The Balaban J connectivity index is 1.49. The van der Waals surface area contributed by atoms with Crippen LogP contribution in [0.15, 0.2) is 63.5 Å². The lowest BCUT2D eigenvalue weighted by Gasteiger charge is -2.23. The average molecular weight is 564 g/mol. The van der Waals surface area contributed by atoms with Crippen molar-refractivity contribution >= 4 is 54.4 Å². The Kier molecular flexibility index (Phi) is 7.79. The fraction of sp³-hybridized carbons (Fsp3) is 0.250. The molecule has 8 heteroatoms. The fourth-order valence-electron chi connectivity index (χ4n) is 3.04. The van der Waals surface area contributed by atoms with Crippen LogP contribution in [0.3, 0.4) is 0 Å². The molecule has 0 heterocycles. The first-order valence-electron chi connectivity index (χ1n) is 9.95. The van der Waals surface area contributed by atoms with Crippen molar-refractivity contribution in [3.05, 3.63) is 69.1 Å². The van der Waals surface area contributed by atoms with E-state index in [1.165, 1.54) is 0 Å². The van der Waals surface area contributed by atoms with Gasteiger partial charge in [-0.3, -0.25) is 20.4 Å². The molecule has 0 aliphatic carbocycles. The number of benzene rings is 3. The number of amides is 2. The van der Waals surface area contributed by atoms with Gasteiger partial charge in [0.2, 0.25) is 0 Å². The number of carbonyl (C=O) groups excluding carboxylic acids is 2. The van der Waals surface area contributed by atoms with Gasteiger partial charge in [-0.15, -0.1) is 0 Å². The lowest BCUT2D eigenvalue weighted by atomic mass is 9.86. The SMILES string of the molecule is CC(C)(C)c1cc(Br)ccc1OCC(=O)NNC(=O)COc1ccc2ccccc2c1Br. The van der Waals surface area contributed by atoms with E-state index >= 15 is 0 Å². The number of hydrazine groups is 1. The highest BCUT2D eigenvalue weighted by molar-refractivity contribution is 9.11. The van der Waals surface area contributed by atoms with Gasteiger partial charge in [-0.1, -0.05) is 67.0 Å². The van der Waals surface area contributed by atoms with Crippen molar-refractivity contribution in [2.24, 2.45) is 0 Å². The second kappa shape index (κ2) is 10.4. The number of hydrogen-bond donors (Lipinski definition) is 2. The molecule has 3 aromatic carbocycles. The van der Waals surface area contributed by atoms with Crippen LogP contribution in [0.4, 0.5) is 0 Å². The second-order valence-corrected chi connectivity index (χ2v) is 9.87. The molecule has 0 bridgehead atoms. The average Bonchev–Trinajstić information content (AvgIpc) is 2.76. The van der Waals surface area contributed by atoms with Crippen molar-refractivity contribution in [3.63, 3.8) is 0 Å². The van der Waals surface area contributed by atoms with Crippen LogP contribution in [-0.2, 0) is 15.0 Å². The molecule has 168 valence electrons. The van der Waals surface area contributed by atoms with E-state index in [9.17, 15) is 9.59 Å². The molecule has 0 radical (unpaired) electrons. The highest BCUT2D eigenvalue weighted by Crippen LogP contribution is 2.34. The van der Waals surface area contributed by atoms with Crippen molar-refractivity contribution in [2.45, 2.75) is 26.2 Å². The first-order chi connectivity index (χ1) is 15.1. The van der Waals surface area contributed by atoms with Gasteiger partial charge in [0.15, 0.2) is 13.2 Å². The van der Waals surface area contributed by atoms with Crippen molar-refractivity contribution in [2.75, 3.05) is 13.2 Å². The summed E-state index contributed by atoms with van der Waals surface area (Å²) in [5.41, 5.74) is 5.49. The summed E-state index contributed by atoms with van der Waals surface area (Å²) in [6.45, 7) is 5.71. The van der Waals surface area contributed by atoms with Gasteiger partial charge in [-0.25, -0.2) is 0 Å². The number of fused-ring (bicyclic) bond motifs is 1. The molecule has 0 saturated heterocycles. The van der Waals surface area contributed by atoms with Gasteiger partial charge in [0.05, 0.1) is 4.47 Å². The summed E-state index contributed by atoms with van der Waals surface area (Å²) in [7, 11) is 0. The number of hydrogen-bond acceptors (Lipinski definition) is 4. The van der Waals surface area contributed by atoms with Crippen molar-refractivity contribution in [1.82, 2.24) is 10.9 Å². The lowest BCUT2D eigenvalue weighted by Crippen LogP contribution is -2.45. The molecule has 0 aromatic heterocycles. The summed E-state index contributed by atoms with van der Waals surface area (Å²) in [6, 6.07) is 17.2. The van der Waals surface area contributed by atoms with Crippen LogP contribution in [0, 0.1) is 0 Å². The van der Waals surface area contributed by atoms with Crippen molar-refractivity contribution in [1.29, 1.82) is 0 Å². The normalized spacial score (nSPS) is 11.2. The Morgan fingerprint density at radius 3 is 2.09 bits per heavy atom. The molecule has 6 nitrogen and oxygen atoms in total. The van der Waals surface area contributed by atoms with Crippen LogP contribution in [-0.4, -0.2) is 25.0 Å². The maximum atomic E-state index is 12.1. The number of ether oxygens (including phenoxy) is 2. The molecule has 0 fully saturated rings. The van der Waals surface area contributed by atoms with Gasteiger partial charge in [-0.05, 0) is 56.4 Å². The zero-order chi connectivity index (χ0) is 23.3. The van der Waals surface area contributed by atoms with Crippen LogP contribution in [0.25, 0.3) is 10.8 Å². The van der Waals surface area contributed by atoms with Gasteiger partial charge in [0.1, 0.15) is 11.5 Å². The van der Waals surface area contributed by atoms with Crippen LogP contribution in [0.1, 0.15) is 26.3 Å². The van der Waals surface area contributed by atoms with E-state index in [2.05, 4.69) is 63.5 Å². The van der Waals surface area contributed by atoms with Gasteiger partial charge in [0.25, 0.3) is 11.8 Å². The van der Waals surface area contributed by atoms with Crippen LogP contribution in [0.5, 0.6) is 11.5 Å². The summed E-state index contributed by atoms with van der Waals surface area (Å²) < 4.78 is 13.0. The highest BCUT2D eigenvalue weighted by atomic mass is 79.9. The molecule has 0 unspecified atom stereocenters. The summed E-state index contributed by atoms with van der Waals surface area (Å²) in [5, 5.41) is 2.04. The van der Waals surface area contributed by atoms with Crippen LogP contribution < -0.4 is 20.3 Å². The molecule has 0 aliphatic rings. The molecular weight excluding hydrogens is 540 g/mol. The van der Waals surface area contributed by atoms with Gasteiger partial charge in [-0.2, -0.15) is 0 Å². The van der Waals surface area contributed by atoms with E-state index in [4.69, 9.17) is 9.47 Å². The molecular formula is C24H24Br2N2O4. The minimum atomic E-state index is -0.488. The number of halogens is 2. The van der Waals surface area contributed by atoms with Gasteiger partial charge < -0.3 is 9.47 Å². The van der Waals surface area contributed by atoms with E-state index in [0.29, 0.717) is 11.5 Å². The van der Waals surface area contributed by atoms with E-state index in [-0.39, 0.29) is 18.6 Å². The summed E-state index contributed by atoms with van der Waals surface area (Å²) in [4.78, 5) is 24.2. The van der Waals surface area contributed by atoms with E-state index < -0.39 is 11.8 Å². The van der Waals surface area contributed by atoms with Crippen molar-refractivity contribution in [3.8, 4) is 11.5 Å². The first kappa shape index (κ1) is 24.1. The number of nitrogens with one attached hydrogen (secondary N) is 2. The molecule has 3 rings (SSSR count). The Morgan fingerprint density at radius 2 is 1.44 bits per heavy atom. The number of rotatable bonds is 6. The maximum absolute atomic E-state index is 12.1. The Morgan fingerprint density at radius 1 is 0.844 bits per heavy atom. The van der Waals surface area contributed by atoms with E-state index in [1.54, 1.807) is 6.07 Å². The predicted octanol–water partition coefficient (Wildman–Crippen LogP) is 5.27. The van der Waals surface area contributed by atoms with E-state index in [0.717, 1.165) is 25.3 Å². The predicted molar refractivity (Wildman–Crippen MR) is 132 cm³/mol. The highest BCUT2D eigenvalue weighted by Gasteiger charge is 2.20. The second-order valence-electron chi connectivity index (χ2n) is 8.16. The summed E-state index contributed by atoms with van der Waals surface area (Å²) in [5.74, 6) is 0.190. The minimum absolute atomic E-state index is 0.155. The molecule has 0 saturated carbocycles. The van der Waals surface area contributed by atoms with E-state index in [1.807, 2.05) is 48.5 Å². The largest absolute Gasteiger partial charge is 0.483 e. The first-order valence-corrected chi connectivity index (χ1v) is 11.5. The quantitative estimate of drug-likeness (QED) is 0.401. The Bertz CT molecular complexity index is 1140. The minimum Gasteiger partial charge on any atom is -0.483 e. The van der Waals surface area contributed by atoms with Crippen LogP contribution >= 0.6 is 31.9 Å². The monoisotopic (exact) mass is 562 g/mol. The smallest absolute Gasteiger partial charge is 0.276 e. The molecule has 3 aromatic rings. The molecule has 2 N–H and O–H groups in total. The third-order valence-corrected chi connectivity index (χ3v) is 5.95. The molecule has 32 heavy (non-hydrogen) atoms. The van der Waals surface area contributed by atoms with Crippen LogP contribution in [0.2, 0.25) is 0 Å².